The molecule has 1 heterocycles. The van der Waals surface area contributed by atoms with E-state index in [1.807, 2.05) is 20.1 Å². The Morgan fingerprint density at radius 2 is 2.38 bits per heavy atom. The molecule has 1 rings (SSSR count). The van der Waals surface area contributed by atoms with E-state index >= 15 is 0 Å². The van der Waals surface area contributed by atoms with Crippen LogP contribution in [0.5, 0.6) is 0 Å². The van der Waals surface area contributed by atoms with Gasteiger partial charge in [0.25, 0.3) is 0 Å². The van der Waals surface area contributed by atoms with Gasteiger partial charge in [0.05, 0.1) is 5.54 Å². The average Bonchev–Trinajstić information content (AvgIpc) is 1.65. The Kier molecular flexibility index (Phi) is 1.04. The molecule has 0 saturated heterocycles. The third kappa shape index (κ3) is 1.05. The van der Waals surface area contributed by atoms with Crippen molar-refractivity contribution in [2.75, 3.05) is 0 Å². The number of nitrogens with zero attached hydrogens (tertiary/aromatic N) is 2. The van der Waals surface area contributed by atoms with Crippen LogP contribution in [0.3, 0.4) is 0 Å². The summed E-state index contributed by atoms with van der Waals surface area (Å²) in [6, 6.07) is 0. The van der Waals surface area contributed by atoms with Gasteiger partial charge >= 0.3 is 0 Å². The van der Waals surface area contributed by atoms with Gasteiger partial charge in [0.15, 0.2) is 0 Å². The minimum atomic E-state index is -0.0608. The van der Waals surface area contributed by atoms with Crippen LogP contribution in [-0.2, 0) is 0 Å². The predicted molar refractivity (Wildman–Crippen MR) is 36.3 cm³/mol. The standard InChI is InChI=1S/C5H9N3.H2/c1-5(2)3-6-4-7-8-5;/h3-4,8H,1-2H3;1H. The molecule has 3 heteroatoms. The Morgan fingerprint density at radius 3 is 2.62 bits per heavy atom. The van der Waals surface area contributed by atoms with E-state index in [0.29, 0.717) is 0 Å². The molecule has 1 N–H and O–H groups in total. The number of nitrogens with one attached hydrogen (secondary N) is 1. The minimum Gasteiger partial charge on any atom is -0.298 e. The van der Waals surface area contributed by atoms with E-state index < -0.39 is 0 Å². The molecule has 3 nitrogen and oxygen atoms in total. The van der Waals surface area contributed by atoms with Gasteiger partial charge in [-0.05, 0) is 13.8 Å². The molecule has 1 aliphatic heterocycles. The Labute approximate surface area is 50.0 Å². The van der Waals surface area contributed by atoms with Crippen molar-refractivity contribution in [2.45, 2.75) is 19.4 Å². The van der Waals surface area contributed by atoms with Gasteiger partial charge in [-0.25, -0.2) is 4.99 Å². The Balaban J connectivity index is 0.000000640. The lowest BCUT2D eigenvalue weighted by molar-refractivity contribution is 0.532. The molecular formula is C5H11N3. The van der Waals surface area contributed by atoms with Crippen molar-refractivity contribution in [3.63, 3.8) is 0 Å². The molecule has 0 saturated carbocycles. The van der Waals surface area contributed by atoms with Gasteiger partial charge in [0, 0.05) is 7.64 Å². The molecule has 0 spiro atoms. The highest BCUT2D eigenvalue weighted by atomic mass is 15.3. The predicted octanol–water partition coefficient (Wildman–Crippen LogP) is 0.628. The minimum absolute atomic E-state index is 0. The van der Waals surface area contributed by atoms with Crippen molar-refractivity contribution in [3.05, 3.63) is 0 Å². The topological polar surface area (TPSA) is 36.8 Å². The highest BCUT2D eigenvalue weighted by Crippen LogP contribution is 1.98. The fourth-order valence-electron chi connectivity index (χ4n) is 0.477. The zero-order chi connectivity index (χ0) is 6.04. The maximum atomic E-state index is 3.85. The highest BCUT2D eigenvalue weighted by molar-refractivity contribution is 5.80. The van der Waals surface area contributed by atoms with Gasteiger partial charge in [0.2, 0.25) is 0 Å². The molecule has 1 aliphatic rings. The molecule has 0 radical (unpaired) electrons. The van der Waals surface area contributed by atoms with E-state index in [2.05, 4.69) is 15.5 Å². The lowest BCUT2D eigenvalue weighted by atomic mass is 10.1. The number of hydrogen-bond donors (Lipinski definition) is 1. The second kappa shape index (κ2) is 1.58. The number of rotatable bonds is 0. The first-order valence-electron chi connectivity index (χ1n) is 2.54. The maximum absolute atomic E-state index is 3.85. The van der Waals surface area contributed by atoms with Crippen molar-refractivity contribution in [2.24, 2.45) is 10.1 Å². The number of aliphatic imine (C=N–C) groups is 1. The van der Waals surface area contributed by atoms with Crippen LogP contribution in [0, 0.1) is 0 Å². The molecule has 0 unspecified atom stereocenters. The van der Waals surface area contributed by atoms with Crippen LogP contribution in [0.15, 0.2) is 10.1 Å². The summed E-state index contributed by atoms with van der Waals surface area (Å²) in [4.78, 5) is 3.85. The third-order valence-electron chi connectivity index (χ3n) is 0.874. The van der Waals surface area contributed by atoms with Crippen molar-refractivity contribution < 1.29 is 1.43 Å². The first kappa shape index (κ1) is 5.28. The molecule has 0 aromatic heterocycles. The molecule has 0 aromatic rings. The smallest absolute Gasteiger partial charge is 0.134 e. The van der Waals surface area contributed by atoms with Crippen molar-refractivity contribution in [1.82, 2.24) is 5.43 Å². The lowest BCUT2D eigenvalue weighted by Gasteiger charge is -2.19. The van der Waals surface area contributed by atoms with E-state index in [1.54, 1.807) is 0 Å². The first-order valence-corrected chi connectivity index (χ1v) is 2.54. The zero-order valence-corrected chi connectivity index (χ0v) is 5.05. The first-order chi connectivity index (χ1) is 3.71. The van der Waals surface area contributed by atoms with Crippen LogP contribution in [0.1, 0.15) is 15.3 Å². The second-order valence-corrected chi connectivity index (χ2v) is 2.36. The molecule has 0 aliphatic carbocycles. The fourth-order valence-corrected chi connectivity index (χ4v) is 0.477. The zero-order valence-electron chi connectivity index (χ0n) is 5.05. The third-order valence-corrected chi connectivity index (χ3v) is 0.874. The summed E-state index contributed by atoms with van der Waals surface area (Å²) in [5.74, 6) is 0. The van der Waals surface area contributed by atoms with Crippen LogP contribution >= 0.6 is 0 Å². The molecule has 0 fully saturated rings. The molecular weight excluding hydrogens is 102 g/mol. The molecule has 0 aromatic carbocycles. The molecule has 0 amide bonds. The van der Waals surface area contributed by atoms with Gasteiger partial charge in [-0.15, -0.1) is 0 Å². The summed E-state index contributed by atoms with van der Waals surface area (Å²) in [5.41, 5.74) is 2.82. The summed E-state index contributed by atoms with van der Waals surface area (Å²) in [6.45, 7) is 4.01. The lowest BCUT2D eigenvalue weighted by Crippen LogP contribution is -2.38. The van der Waals surface area contributed by atoms with Gasteiger partial charge in [0.1, 0.15) is 6.34 Å². The summed E-state index contributed by atoms with van der Waals surface area (Å²) >= 11 is 0. The SMILES string of the molecule is CC1(C)C=NC=NN1.[HH]. The summed E-state index contributed by atoms with van der Waals surface area (Å²) in [6.07, 6.45) is 3.31. The van der Waals surface area contributed by atoms with Crippen LogP contribution in [0.4, 0.5) is 0 Å². The van der Waals surface area contributed by atoms with E-state index in [4.69, 9.17) is 0 Å². The molecule has 8 heavy (non-hydrogen) atoms. The van der Waals surface area contributed by atoms with Gasteiger partial charge in [-0.1, -0.05) is 0 Å². The van der Waals surface area contributed by atoms with Gasteiger partial charge < -0.3 is 0 Å². The Morgan fingerprint density at radius 1 is 1.62 bits per heavy atom. The normalized spacial score (nSPS) is 22.8. The summed E-state index contributed by atoms with van der Waals surface area (Å²) in [5, 5.41) is 3.76. The van der Waals surface area contributed by atoms with Crippen molar-refractivity contribution >= 4 is 12.6 Å². The maximum Gasteiger partial charge on any atom is 0.134 e. The molecule has 0 bridgehead atoms. The van der Waals surface area contributed by atoms with Crippen LogP contribution < -0.4 is 5.43 Å². The molecule has 0 atom stereocenters. The van der Waals surface area contributed by atoms with Crippen molar-refractivity contribution in [3.8, 4) is 0 Å². The quantitative estimate of drug-likeness (QED) is 0.491. The van der Waals surface area contributed by atoms with Gasteiger partial charge in [-0.3, -0.25) is 5.43 Å². The van der Waals surface area contributed by atoms with E-state index in [-0.39, 0.29) is 6.97 Å². The monoisotopic (exact) mass is 113 g/mol. The van der Waals surface area contributed by atoms with Crippen LogP contribution in [0.25, 0.3) is 0 Å². The van der Waals surface area contributed by atoms with Crippen molar-refractivity contribution in [1.29, 1.82) is 0 Å². The number of hydrazone groups is 1. The van der Waals surface area contributed by atoms with Crippen LogP contribution in [-0.4, -0.2) is 18.1 Å². The fraction of sp³-hybridized carbons (Fsp3) is 0.600. The van der Waals surface area contributed by atoms with E-state index in [1.165, 1.54) is 6.34 Å². The Bertz CT molecular complexity index is 139. The largest absolute Gasteiger partial charge is 0.298 e. The van der Waals surface area contributed by atoms with Gasteiger partial charge in [-0.2, -0.15) is 5.10 Å². The molecule has 46 valence electrons. The average molecular weight is 113 g/mol. The van der Waals surface area contributed by atoms with Crippen LogP contribution in [0.2, 0.25) is 0 Å². The van der Waals surface area contributed by atoms with E-state index in [9.17, 15) is 0 Å². The summed E-state index contributed by atoms with van der Waals surface area (Å²) < 4.78 is 0. The number of hydrogen-bond acceptors (Lipinski definition) is 3. The summed E-state index contributed by atoms with van der Waals surface area (Å²) in [7, 11) is 0. The highest BCUT2D eigenvalue weighted by Gasteiger charge is 2.13. The second-order valence-electron chi connectivity index (χ2n) is 2.36. The van der Waals surface area contributed by atoms with E-state index in [0.717, 1.165) is 0 Å². The Hall–Kier alpha value is -0.860.